The molecule has 1 unspecified atom stereocenters. The van der Waals surface area contributed by atoms with E-state index in [2.05, 4.69) is 20.9 Å². The monoisotopic (exact) mass is 554 g/mol. The quantitative estimate of drug-likeness (QED) is 0.127. The number of amides is 1. The van der Waals surface area contributed by atoms with Crippen LogP contribution in [0.25, 0.3) is 10.1 Å². The lowest BCUT2D eigenvalue weighted by molar-refractivity contribution is 0.0954. The first kappa shape index (κ1) is 24.9. The lowest BCUT2D eigenvalue weighted by Gasteiger charge is -2.13. The van der Waals surface area contributed by atoms with Gasteiger partial charge in [-0.15, -0.1) is 35.3 Å². The van der Waals surface area contributed by atoms with E-state index in [1.165, 1.54) is 12.1 Å². The van der Waals surface area contributed by atoms with Crippen molar-refractivity contribution in [3.05, 3.63) is 65.0 Å². The number of guanidine groups is 1. The molecule has 0 aliphatic rings. The van der Waals surface area contributed by atoms with E-state index in [-0.39, 0.29) is 42.2 Å². The zero-order chi connectivity index (χ0) is 21.3. The molecule has 0 saturated carbocycles. The number of aliphatic hydroxyl groups is 1. The van der Waals surface area contributed by atoms with Crippen molar-refractivity contribution in [1.82, 2.24) is 16.0 Å². The number of carbonyl (C=O) groups excluding carboxylic acids is 1. The zero-order valence-corrected chi connectivity index (χ0v) is 20.3. The number of hydrogen-bond donors (Lipinski definition) is 5. The topological polar surface area (TPSA) is 106 Å². The van der Waals surface area contributed by atoms with Crippen molar-refractivity contribution in [2.75, 3.05) is 26.2 Å². The molecule has 2 aromatic carbocycles. The van der Waals surface area contributed by atoms with E-state index in [1.807, 2.05) is 37.3 Å². The fraction of sp³-hybridized carbons (Fsp3) is 0.273. The second kappa shape index (κ2) is 12.5. The normalized spacial score (nSPS) is 12.1. The van der Waals surface area contributed by atoms with E-state index < -0.39 is 6.10 Å². The summed E-state index contributed by atoms with van der Waals surface area (Å²) >= 11 is 1.57. The third-order valence-corrected chi connectivity index (χ3v) is 5.59. The Balaban J connectivity index is 0.00000341. The fourth-order valence-electron chi connectivity index (χ4n) is 2.85. The number of rotatable bonds is 8. The number of aromatic hydroxyl groups is 1. The van der Waals surface area contributed by atoms with Crippen molar-refractivity contribution >= 4 is 57.3 Å². The number of halogens is 1. The lowest BCUT2D eigenvalue weighted by Crippen LogP contribution is -2.41. The predicted octanol–water partition coefficient (Wildman–Crippen LogP) is 3.24. The Kier molecular flexibility index (Phi) is 10.0. The van der Waals surface area contributed by atoms with Crippen molar-refractivity contribution in [1.29, 1.82) is 0 Å². The van der Waals surface area contributed by atoms with E-state index in [9.17, 15) is 15.0 Å². The Bertz CT molecular complexity index is 974. The summed E-state index contributed by atoms with van der Waals surface area (Å²) in [6, 6.07) is 16.1. The second-order valence-electron chi connectivity index (χ2n) is 6.65. The summed E-state index contributed by atoms with van der Waals surface area (Å²) in [5, 5.41) is 30.0. The number of thiophene rings is 1. The minimum Gasteiger partial charge on any atom is -0.508 e. The first-order valence-electron chi connectivity index (χ1n) is 9.82. The summed E-state index contributed by atoms with van der Waals surface area (Å²) < 4.78 is 1.14. The van der Waals surface area contributed by atoms with Crippen LogP contribution in [-0.4, -0.2) is 48.3 Å². The average molecular weight is 554 g/mol. The molecule has 0 aliphatic heterocycles. The second-order valence-corrected chi connectivity index (χ2v) is 7.77. The molecule has 1 heterocycles. The van der Waals surface area contributed by atoms with Crippen molar-refractivity contribution < 1.29 is 15.0 Å². The van der Waals surface area contributed by atoms with Crippen LogP contribution in [0.4, 0.5) is 0 Å². The van der Waals surface area contributed by atoms with Crippen molar-refractivity contribution in [3.8, 4) is 5.75 Å². The van der Waals surface area contributed by atoms with Crippen LogP contribution in [0, 0.1) is 0 Å². The Morgan fingerprint density at radius 2 is 1.77 bits per heavy atom. The van der Waals surface area contributed by atoms with Crippen LogP contribution < -0.4 is 16.0 Å². The summed E-state index contributed by atoms with van der Waals surface area (Å²) in [7, 11) is 0. The van der Waals surface area contributed by atoms with Gasteiger partial charge in [0.25, 0.3) is 5.91 Å². The SMILES string of the molecule is CCNC(=NCC(O)c1cc2ccccc2s1)NCCNC(=O)c1ccc(O)cc1.I. The highest BCUT2D eigenvalue weighted by molar-refractivity contribution is 14.0. The van der Waals surface area contributed by atoms with Crippen LogP contribution in [0.3, 0.4) is 0 Å². The summed E-state index contributed by atoms with van der Waals surface area (Å²) in [4.78, 5) is 17.4. The molecular weight excluding hydrogens is 527 g/mol. The fourth-order valence-corrected chi connectivity index (χ4v) is 3.89. The van der Waals surface area contributed by atoms with Crippen molar-refractivity contribution in [3.63, 3.8) is 0 Å². The number of aliphatic imine (C=N–C) groups is 1. The van der Waals surface area contributed by atoms with Gasteiger partial charge in [0, 0.05) is 34.8 Å². The molecule has 1 atom stereocenters. The van der Waals surface area contributed by atoms with Crippen LogP contribution in [-0.2, 0) is 0 Å². The van der Waals surface area contributed by atoms with E-state index in [0.717, 1.165) is 15.0 Å². The third-order valence-electron chi connectivity index (χ3n) is 4.37. The third kappa shape index (κ3) is 7.37. The first-order chi connectivity index (χ1) is 14.6. The maximum Gasteiger partial charge on any atom is 0.251 e. The maximum atomic E-state index is 12.1. The molecule has 31 heavy (non-hydrogen) atoms. The molecule has 0 radical (unpaired) electrons. The molecule has 166 valence electrons. The molecule has 7 nitrogen and oxygen atoms in total. The molecule has 3 rings (SSSR count). The van der Waals surface area contributed by atoms with E-state index in [0.29, 0.717) is 31.2 Å². The smallest absolute Gasteiger partial charge is 0.251 e. The Morgan fingerprint density at radius 1 is 1.06 bits per heavy atom. The lowest BCUT2D eigenvalue weighted by atomic mass is 10.2. The van der Waals surface area contributed by atoms with Crippen LogP contribution in [0.2, 0.25) is 0 Å². The number of benzene rings is 2. The van der Waals surface area contributed by atoms with E-state index >= 15 is 0 Å². The van der Waals surface area contributed by atoms with Gasteiger partial charge in [0.05, 0.1) is 6.54 Å². The molecule has 0 fully saturated rings. The molecule has 0 spiro atoms. The zero-order valence-electron chi connectivity index (χ0n) is 17.2. The Hall–Kier alpha value is -2.37. The molecular formula is C22H27IN4O3S. The number of phenols is 1. The predicted molar refractivity (Wildman–Crippen MR) is 137 cm³/mol. The summed E-state index contributed by atoms with van der Waals surface area (Å²) in [6.45, 7) is 3.77. The average Bonchev–Trinajstić information content (AvgIpc) is 3.19. The van der Waals surface area contributed by atoms with Gasteiger partial charge in [0.2, 0.25) is 0 Å². The highest BCUT2D eigenvalue weighted by Crippen LogP contribution is 2.29. The number of aliphatic hydroxyl groups excluding tert-OH is 1. The Morgan fingerprint density at radius 3 is 2.48 bits per heavy atom. The molecule has 5 N–H and O–H groups in total. The highest BCUT2D eigenvalue weighted by Gasteiger charge is 2.11. The standard InChI is InChI=1S/C22H26N4O3S.HI/c1-2-23-22(25-12-11-24-21(29)15-7-9-17(27)10-8-15)26-14-18(28)20-13-16-5-3-4-6-19(16)30-20;/h3-10,13,18,27-28H,2,11-12,14H2,1H3,(H,24,29)(H2,23,25,26);1H. The Labute approximate surface area is 202 Å². The molecule has 3 aromatic rings. The molecule has 1 amide bonds. The molecule has 1 aromatic heterocycles. The highest BCUT2D eigenvalue weighted by atomic mass is 127. The van der Waals surface area contributed by atoms with Gasteiger partial charge in [0.15, 0.2) is 5.96 Å². The first-order valence-corrected chi connectivity index (χ1v) is 10.6. The van der Waals surface area contributed by atoms with Gasteiger partial charge in [-0.3, -0.25) is 9.79 Å². The molecule has 9 heteroatoms. The van der Waals surface area contributed by atoms with Gasteiger partial charge in [0.1, 0.15) is 11.9 Å². The van der Waals surface area contributed by atoms with E-state index in [4.69, 9.17) is 0 Å². The summed E-state index contributed by atoms with van der Waals surface area (Å²) in [5.41, 5.74) is 0.486. The number of nitrogens with zero attached hydrogens (tertiary/aromatic N) is 1. The number of nitrogens with one attached hydrogen (secondary N) is 3. The maximum absolute atomic E-state index is 12.1. The van der Waals surface area contributed by atoms with Gasteiger partial charge >= 0.3 is 0 Å². The van der Waals surface area contributed by atoms with Crippen molar-refractivity contribution in [2.45, 2.75) is 13.0 Å². The van der Waals surface area contributed by atoms with Gasteiger partial charge in [-0.05, 0) is 48.7 Å². The van der Waals surface area contributed by atoms with Crippen LogP contribution >= 0.6 is 35.3 Å². The summed E-state index contributed by atoms with van der Waals surface area (Å²) in [6.07, 6.45) is -0.674. The molecule has 0 saturated heterocycles. The minimum atomic E-state index is -0.674. The largest absolute Gasteiger partial charge is 0.508 e. The number of hydrogen-bond acceptors (Lipinski definition) is 5. The van der Waals surface area contributed by atoms with Gasteiger partial charge in [-0.25, -0.2) is 0 Å². The van der Waals surface area contributed by atoms with Gasteiger partial charge in [-0.2, -0.15) is 0 Å². The molecule has 0 bridgehead atoms. The van der Waals surface area contributed by atoms with Crippen molar-refractivity contribution in [2.24, 2.45) is 4.99 Å². The van der Waals surface area contributed by atoms with E-state index in [1.54, 1.807) is 23.5 Å². The number of fused-ring (bicyclic) bond motifs is 1. The number of carbonyl (C=O) groups is 1. The molecule has 0 aliphatic carbocycles. The van der Waals surface area contributed by atoms with Crippen LogP contribution in [0.5, 0.6) is 5.75 Å². The van der Waals surface area contributed by atoms with Crippen LogP contribution in [0.1, 0.15) is 28.3 Å². The summed E-state index contributed by atoms with van der Waals surface area (Å²) in [5.74, 6) is 0.494. The van der Waals surface area contributed by atoms with Crippen LogP contribution in [0.15, 0.2) is 59.6 Å². The number of phenolic OH excluding ortho intramolecular Hbond substituents is 1. The minimum absolute atomic E-state index is 0. The van der Waals surface area contributed by atoms with Gasteiger partial charge < -0.3 is 26.2 Å². The van der Waals surface area contributed by atoms with Gasteiger partial charge in [-0.1, -0.05) is 18.2 Å².